The van der Waals surface area contributed by atoms with Crippen LogP contribution in [0.25, 0.3) is 0 Å². The van der Waals surface area contributed by atoms with Crippen LogP contribution in [0.15, 0.2) is 0 Å². The van der Waals surface area contributed by atoms with Crippen LogP contribution in [0.5, 0.6) is 0 Å². The summed E-state index contributed by atoms with van der Waals surface area (Å²) in [5, 5.41) is 0. The summed E-state index contributed by atoms with van der Waals surface area (Å²) in [5.74, 6) is 0.908. The summed E-state index contributed by atoms with van der Waals surface area (Å²) in [6.07, 6.45) is 6.17. The minimum absolute atomic E-state index is 0.272. The maximum Gasteiger partial charge on any atom is 0.211 e. The molecular weight excluding hydrogens is 224 g/mol. The van der Waals surface area contributed by atoms with Crippen LogP contribution in [0.4, 0.5) is 0 Å². The second-order valence-corrected chi connectivity index (χ2v) is 7.46. The molecule has 0 radical (unpaired) electrons. The van der Waals surface area contributed by atoms with Crippen molar-refractivity contribution in [2.24, 2.45) is 5.92 Å². The Balaban J connectivity index is 1.70. The van der Waals surface area contributed by atoms with Gasteiger partial charge in [-0.15, -0.1) is 0 Å². The van der Waals surface area contributed by atoms with Crippen LogP contribution in [-0.4, -0.2) is 55.6 Å². The highest BCUT2D eigenvalue weighted by Gasteiger charge is 2.46. The summed E-state index contributed by atoms with van der Waals surface area (Å²) in [4.78, 5) is 2.54. The third-order valence-electron chi connectivity index (χ3n) is 4.26. The molecule has 2 saturated heterocycles. The zero-order valence-electron chi connectivity index (χ0n) is 9.80. The molecular formula is C11H20N2O2S. The van der Waals surface area contributed by atoms with Gasteiger partial charge in [0.25, 0.3) is 0 Å². The van der Waals surface area contributed by atoms with Gasteiger partial charge in [0.05, 0.1) is 6.26 Å². The van der Waals surface area contributed by atoms with Crippen molar-refractivity contribution in [3.8, 4) is 0 Å². The summed E-state index contributed by atoms with van der Waals surface area (Å²) in [6.45, 7) is 3.03. The average Bonchev–Trinajstić information content (AvgIpc) is 2.75. The first-order valence-corrected chi connectivity index (χ1v) is 8.11. The number of fused-ring (bicyclic) bond motifs is 1. The number of sulfonamides is 1. The van der Waals surface area contributed by atoms with Gasteiger partial charge in [-0.3, -0.25) is 4.90 Å². The van der Waals surface area contributed by atoms with Crippen molar-refractivity contribution in [1.82, 2.24) is 9.21 Å². The topological polar surface area (TPSA) is 40.6 Å². The Kier molecular flexibility index (Phi) is 2.53. The van der Waals surface area contributed by atoms with E-state index in [1.54, 1.807) is 4.31 Å². The second-order valence-electron chi connectivity index (χ2n) is 5.52. The van der Waals surface area contributed by atoms with Gasteiger partial charge in [-0.05, 0) is 31.6 Å². The van der Waals surface area contributed by atoms with Crippen molar-refractivity contribution in [3.63, 3.8) is 0 Å². The lowest BCUT2D eigenvalue weighted by Gasteiger charge is -2.24. The lowest BCUT2D eigenvalue weighted by molar-refractivity contribution is 0.239. The molecule has 0 aromatic carbocycles. The van der Waals surface area contributed by atoms with Crippen molar-refractivity contribution >= 4 is 10.0 Å². The molecule has 2 aliphatic heterocycles. The van der Waals surface area contributed by atoms with Crippen LogP contribution in [0.2, 0.25) is 0 Å². The number of hydrogen-bond acceptors (Lipinski definition) is 3. The Hall–Kier alpha value is -0.130. The predicted octanol–water partition coefficient (Wildman–Crippen LogP) is 0.505. The largest absolute Gasteiger partial charge is 0.298 e. The monoisotopic (exact) mass is 244 g/mol. The van der Waals surface area contributed by atoms with E-state index in [2.05, 4.69) is 4.90 Å². The minimum Gasteiger partial charge on any atom is -0.298 e. The maximum atomic E-state index is 11.6. The molecule has 0 aromatic rings. The number of nitrogens with zero attached hydrogens (tertiary/aromatic N) is 2. The Bertz CT molecular complexity index is 377. The smallest absolute Gasteiger partial charge is 0.211 e. The molecule has 3 rings (SSSR count). The Morgan fingerprint density at radius 1 is 1.06 bits per heavy atom. The predicted molar refractivity (Wildman–Crippen MR) is 62.7 cm³/mol. The van der Waals surface area contributed by atoms with Crippen LogP contribution in [0.3, 0.4) is 0 Å². The van der Waals surface area contributed by atoms with E-state index in [-0.39, 0.29) is 6.04 Å². The Morgan fingerprint density at radius 2 is 1.75 bits per heavy atom. The van der Waals surface area contributed by atoms with E-state index in [0.717, 1.165) is 31.8 Å². The zero-order valence-corrected chi connectivity index (χ0v) is 10.6. The van der Waals surface area contributed by atoms with Crippen molar-refractivity contribution in [2.45, 2.75) is 37.8 Å². The molecule has 16 heavy (non-hydrogen) atoms. The molecule has 3 fully saturated rings. The molecule has 92 valence electrons. The van der Waals surface area contributed by atoms with Crippen LogP contribution < -0.4 is 0 Å². The molecule has 5 heteroatoms. The lowest BCUT2D eigenvalue weighted by atomic mass is 10.1. The standard InChI is InChI=1S/C11H20N2O2S/c1-16(14,15)13-7-5-10-11(13)4-6-12(10)8-9-2-3-9/h9-11H,2-8H2,1H3/t10-,11+/m1/s1. The molecule has 0 bridgehead atoms. The minimum atomic E-state index is -2.99. The van der Waals surface area contributed by atoms with Gasteiger partial charge < -0.3 is 0 Å². The molecule has 0 amide bonds. The van der Waals surface area contributed by atoms with Crippen molar-refractivity contribution in [2.75, 3.05) is 25.9 Å². The highest BCUT2D eigenvalue weighted by Crippen LogP contribution is 2.37. The van der Waals surface area contributed by atoms with Crippen LogP contribution in [-0.2, 0) is 10.0 Å². The van der Waals surface area contributed by atoms with Crippen molar-refractivity contribution in [1.29, 1.82) is 0 Å². The fourth-order valence-electron chi connectivity index (χ4n) is 3.31. The molecule has 0 spiro atoms. The molecule has 2 atom stereocenters. The summed E-state index contributed by atoms with van der Waals surface area (Å²) in [6, 6.07) is 0.782. The molecule has 1 aliphatic carbocycles. The highest BCUT2D eigenvalue weighted by molar-refractivity contribution is 7.88. The van der Waals surface area contributed by atoms with Gasteiger partial charge in [-0.2, -0.15) is 4.31 Å². The summed E-state index contributed by atoms with van der Waals surface area (Å²) >= 11 is 0. The van der Waals surface area contributed by atoms with Crippen molar-refractivity contribution in [3.05, 3.63) is 0 Å². The summed E-state index contributed by atoms with van der Waals surface area (Å²) < 4.78 is 25.0. The quantitative estimate of drug-likeness (QED) is 0.726. The first kappa shape index (κ1) is 11.0. The van der Waals surface area contributed by atoms with E-state index >= 15 is 0 Å². The SMILES string of the molecule is CS(=O)(=O)N1CC[C@@H]2[C@@H]1CCN2CC1CC1. The third kappa shape index (κ3) is 1.89. The van der Waals surface area contributed by atoms with Gasteiger partial charge in [0, 0.05) is 31.7 Å². The maximum absolute atomic E-state index is 11.6. The Morgan fingerprint density at radius 3 is 2.38 bits per heavy atom. The van der Waals surface area contributed by atoms with Crippen LogP contribution in [0, 0.1) is 5.92 Å². The molecule has 3 aliphatic rings. The summed E-state index contributed by atoms with van der Waals surface area (Å²) in [5.41, 5.74) is 0. The number of hydrogen-bond donors (Lipinski definition) is 0. The van der Waals surface area contributed by atoms with Crippen LogP contribution >= 0.6 is 0 Å². The third-order valence-corrected chi connectivity index (χ3v) is 5.56. The zero-order chi connectivity index (χ0) is 11.3. The van der Waals surface area contributed by atoms with E-state index in [0.29, 0.717) is 6.04 Å². The molecule has 2 heterocycles. The number of rotatable bonds is 3. The van der Waals surface area contributed by atoms with Gasteiger partial charge >= 0.3 is 0 Å². The average molecular weight is 244 g/mol. The normalized spacial score (nSPS) is 36.8. The molecule has 0 unspecified atom stereocenters. The first-order valence-electron chi connectivity index (χ1n) is 6.26. The molecule has 1 saturated carbocycles. The molecule has 0 N–H and O–H groups in total. The van der Waals surface area contributed by atoms with Crippen molar-refractivity contribution < 1.29 is 8.42 Å². The van der Waals surface area contributed by atoms with Gasteiger partial charge in [0.1, 0.15) is 0 Å². The van der Waals surface area contributed by atoms with E-state index in [9.17, 15) is 8.42 Å². The van der Waals surface area contributed by atoms with E-state index in [1.165, 1.54) is 25.6 Å². The molecule has 0 aromatic heterocycles. The van der Waals surface area contributed by atoms with Gasteiger partial charge in [0.15, 0.2) is 0 Å². The Labute approximate surface area is 97.7 Å². The fraction of sp³-hybridized carbons (Fsp3) is 1.00. The molecule has 4 nitrogen and oxygen atoms in total. The highest BCUT2D eigenvalue weighted by atomic mass is 32.2. The van der Waals surface area contributed by atoms with E-state index < -0.39 is 10.0 Å². The van der Waals surface area contributed by atoms with E-state index in [1.807, 2.05) is 0 Å². The summed E-state index contributed by atoms with van der Waals surface area (Å²) in [7, 11) is -2.99. The number of likely N-dealkylation sites (tertiary alicyclic amines) is 1. The van der Waals surface area contributed by atoms with E-state index in [4.69, 9.17) is 0 Å². The van der Waals surface area contributed by atoms with Gasteiger partial charge in [-0.25, -0.2) is 8.42 Å². The van der Waals surface area contributed by atoms with Gasteiger partial charge in [0.2, 0.25) is 10.0 Å². The first-order chi connectivity index (χ1) is 7.55. The fourth-order valence-corrected chi connectivity index (χ4v) is 4.48. The lowest BCUT2D eigenvalue weighted by Crippen LogP contribution is -2.39. The van der Waals surface area contributed by atoms with Gasteiger partial charge in [-0.1, -0.05) is 0 Å². The van der Waals surface area contributed by atoms with Crippen LogP contribution in [0.1, 0.15) is 25.7 Å². The second kappa shape index (κ2) is 3.68.